The molecule has 0 saturated heterocycles. The minimum atomic E-state index is 0.487. The fourth-order valence-corrected chi connectivity index (χ4v) is 3.80. The Hall–Kier alpha value is -1.58. The normalized spacial score (nSPS) is 12.9. The molecule has 21 heavy (non-hydrogen) atoms. The average molecular weight is 298 g/mol. The maximum atomic E-state index is 3.67. The van der Waals surface area contributed by atoms with Crippen molar-refractivity contribution in [1.29, 1.82) is 0 Å². The molecule has 2 aromatic heterocycles. The number of fused-ring (bicyclic) bond motifs is 1. The monoisotopic (exact) mass is 298 g/mol. The summed E-state index contributed by atoms with van der Waals surface area (Å²) in [5.41, 5.74) is 4.09. The molecule has 0 saturated carbocycles. The van der Waals surface area contributed by atoms with Crippen molar-refractivity contribution < 1.29 is 0 Å². The SMILES string of the molecule is Cc1c(CNC(C)Cc2cccs2)n(C)c2ccccc12. The first-order chi connectivity index (χ1) is 10.2. The summed E-state index contributed by atoms with van der Waals surface area (Å²) in [7, 11) is 2.16. The van der Waals surface area contributed by atoms with Gasteiger partial charge in [0.15, 0.2) is 0 Å². The Kier molecular flexibility index (Phi) is 4.13. The first-order valence-corrected chi connectivity index (χ1v) is 8.33. The van der Waals surface area contributed by atoms with E-state index in [1.54, 1.807) is 0 Å². The standard InChI is InChI=1S/C18H22N2S/c1-13(11-15-7-6-10-21-15)19-12-18-14(2)16-8-4-5-9-17(16)20(18)3/h4-10,13,19H,11-12H2,1-3H3. The fraction of sp³-hybridized carbons (Fsp3) is 0.333. The minimum Gasteiger partial charge on any atom is -0.346 e. The summed E-state index contributed by atoms with van der Waals surface area (Å²) in [6, 6.07) is 13.5. The number of para-hydroxylation sites is 1. The fourth-order valence-electron chi connectivity index (χ4n) is 2.96. The van der Waals surface area contributed by atoms with Crippen LogP contribution in [0.4, 0.5) is 0 Å². The molecule has 0 amide bonds. The maximum absolute atomic E-state index is 3.67. The van der Waals surface area contributed by atoms with Gasteiger partial charge in [-0.25, -0.2) is 0 Å². The van der Waals surface area contributed by atoms with Crippen LogP contribution in [0.5, 0.6) is 0 Å². The summed E-state index contributed by atoms with van der Waals surface area (Å²) in [4.78, 5) is 1.45. The van der Waals surface area contributed by atoms with Gasteiger partial charge in [0.1, 0.15) is 0 Å². The van der Waals surface area contributed by atoms with Gasteiger partial charge in [0.05, 0.1) is 0 Å². The van der Waals surface area contributed by atoms with Crippen molar-refractivity contribution in [1.82, 2.24) is 9.88 Å². The highest BCUT2D eigenvalue weighted by Crippen LogP contribution is 2.24. The summed E-state index contributed by atoms with van der Waals surface area (Å²) >= 11 is 1.84. The molecular weight excluding hydrogens is 276 g/mol. The van der Waals surface area contributed by atoms with E-state index >= 15 is 0 Å². The molecule has 0 aliphatic heterocycles. The zero-order valence-electron chi connectivity index (χ0n) is 12.9. The van der Waals surface area contributed by atoms with Gasteiger partial charge in [-0.1, -0.05) is 24.3 Å². The van der Waals surface area contributed by atoms with E-state index in [0.717, 1.165) is 13.0 Å². The van der Waals surface area contributed by atoms with Gasteiger partial charge < -0.3 is 9.88 Å². The van der Waals surface area contributed by atoms with Gasteiger partial charge >= 0.3 is 0 Å². The molecule has 0 spiro atoms. The van der Waals surface area contributed by atoms with Gasteiger partial charge in [0.2, 0.25) is 0 Å². The largest absolute Gasteiger partial charge is 0.346 e. The zero-order chi connectivity index (χ0) is 14.8. The Balaban J connectivity index is 1.73. The van der Waals surface area contributed by atoms with Crippen LogP contribution in [-0.2, 0) is 20.0 Å². The van der Waals surface area contributed by atoms with Crippen LogP contribution in [0.2, 0.25) is 0 Å². The van der Waals surface area contributed by atoms with E-state index in [2.05, 4.69) is 72.6 Å². The molecule has 2 heterocycles. The van der Waals surface area contributed by atoms with Gasteiger partial charge in [0.25, 0.3) is 0 Å². The van der Waals surface area contributed by atoms with E-state index in [0.29, 0.717) is 6.04 Å². The highest BCUT2D eigenvalue weighted by atomic mass is 32.1. The third kappa shape index (κ3) is 2.89. The van der Waals surface area contributed by atoms with Crippen LogP contribution >= 0.6 is 11.3 Å². The van der Waals surface area contributed by atoms with E-state index in [1.165, 1.54) is 27.0 Å². The Morgan fingerprint density at radius 2 is 2.00 bits per heavy atom. The van der Waals surface area contributed by atoms with E-state index in [-0.39, 0.29) is 0 Å². The Morgan fingerprint density at radius 1 is 1.19 bits per heavy atom. The number of aryl methyl sites for hydroxylation is 2. The van der Waals surface area contributed by atoms with Crippen molar-refractivity contribution in [2.75, 3.05) is 0 Å². The quantitative estimate of drug-likeness (QED) is 0.744. The number of hydrogen-bond donors (Lipinski definition) is 1. The average Bonchev–Trinajstić information content (AvgIpc) is 3.07. The lowest BCUT2D eigenvalue weighted by atomic mass is 10.1. The summed E-state index contributed by atoms with van der Waals surface area (Å²) in [6.07, 6.45) is 1.10. The molecular formula is C18H22N2S. The first kappa shape index (κ1) is 14.4. The second-order valence-corrected chi connectivity index (χ2v) is 6.75. The minimum absolute atomic E-state index is 0.487. The number of benzene rings is 1. The predicted molar refractivity (Wildman–Crippen MR) is 92.0 cm³/mol. The van der Waals surface area contributed by atoms with Crippen molar-refractivity contribution in [2.24, 2.45) is 7.05 Å². The highest BCUT2D eigenvalue weighted by molar-refractivity contribution is 7.09. The molecule has 1 N–H and O–H groups in total. The Morgan fingerprint density at radius 3 is 2.71 bits per heavy atom. The second kappa shape index (κ2) is 6.04. The molecule has 0 radical (unpaired) electrons. The number of nitrogens with one attached hydrogen (secondary N) is 1. The van der Waals surface area contributed by atoms with Crippen LogP contribution in [0.15, 0.2) is 41.8 Å². The topological polar surface area (TPSA) is 17.0 Å². The Bertz CT molecular complexity index is 686. The van der Waals surface area contributed by atoms with Crippen molar-refractivity contribution in [3.8, 4) is 0 Å². The van der Waals surface area contributed by atoms with Crippen molar-refractivity contribution >= 4 is 22.2 Å². The highest BCUT2D eigenvalue weighted by Gasteiger charge is 2.12. The molecule has 3 heteroatoms. The molecule has 3 aromatic rings. The number of thiophene rings is 1. The lowest BCUT2D eigenvalue weighted by Crippen LogP contribution is -2.28. The van der Waals surface area contributed by atoms with Gasteiger partial charge in [-0.05, 0) is 43.3 Å². The Labute approximate surface area is 130 Å². The summed E-state index contributed by atoms with van der Waals surface area (Å²) in [5, 5.41) is 7.18. The van der Waals surface area contributed by atoms with Crippen molar-refractivity contribution in [2.45, 2.75) is 32.9 Å². The smallest absolute Gasteiger partial charge is 0.0483 e. The van der Waals surface area contributed by atoms with E-state index in [9.17, 15) is 0 Å². The van der Waals surface area contributed by atoms with Crippen LogP contribution in [0.3, 0.4) is 0 Å². The van der Waals surface area contributed by atoms with Gasteiger partial charge in [0, 0.05) is 41.1 Å². The number of aromatic nitrogens is 1. The van der Waals surface area contributed by atoms with Crippen LogP contribution in [0, 0.1) is 6.92 Å². The third-order valence-electron chi connectivity index (χ3n) is 4.21. The molecule has 3 rings (SSSR count). The number of hydrogen-bond acceptors (Lipinski definition) is 2. The summed E-state index contributed by atoms with van der Waals surface area (Å²) in [5.74, 6) is 0. The van der Waals surface area contributed by atoms with E-state index in [1.807, 2.05) is 11.3 Å². The molecule has 1 aromatic carbocycles. The van der Waals surface area contributed by atoms with Crippen LogP contribution in [-0.4, -0.2) is 10.6 Å². The summed E-state index contributed by atoms with van der Waals surface area (Å²) < 4.78 is 2.32. The van der Waals surface area contributed by atoms with Crippen LogP contribution in [0.1, 0.15) is 23.1 Å². The molecule has 0 aliphatic carbocycles. The zero-order valence-corrected chi connectivity index (χ0v) is 13.7. The third-order valence-corrected chi connectivity index (χ3v) is 5.11. The van der Waals surface area contributed by atoms with E-state index < -0.39 is 0 Å². The molecule has 0 bridgehead atoms. The molecule has 0 aliphatic rings. The molecule has 1 unspecified atom stereocenters. The lowest BCUT2D eigenvalue weighted by Gasteiger charge is -2.14. The molecule has 1 atom stereocenters. The number of rotatable bonds is 5. The van der Waals surface area contributed by atoms with Gasteiger partial charge in [-0.15, -0.1) is 11.3 Å². The van der Waals surface area contributed by atoms with Crippen molar-refractivity contribution in [3.05, 3.63) is 57.9 Å². The van der Waals surface area contributed by atoms with Crippen molar-refractivity contribution in [3.63, 3.8) is 0 Å². The molecule has 2 nitrogen and oxygen atoms in total. The van der Waals surface area contributed by atoms with Crippen LogP contribution < -0.4 is 5.32 Å². The molecule has 110 valence electrons. The lowest BCUT2D eigenvalue weighted by molar-refractivity contribution is 0.535. The summed E-state index contributed by atoms with van der Waals surface area (Å²) in [6.45, 7) is 5.41. The first-order valence-electron chi connectivity index (χ1n) is 7.45. The molecule has 0 fully saturated rings. The van der Waals surface area contributed by atoms with E-state index in [4.69, 9.17) is 0 Å². The number of nitrogens with zero attached hydrogens (tertiary/aromatic N) is 1. The van der Waals surface area contributed by atoms with Gasteiger partial charge in [-0.2, -0.15) is 0 Å². The van der Waals surface area contributed by atoms with Crippen LogP contribution in [0.25, 0.3) is 10.9 Å². The second-order valence-electron chi connectivity index (χ2n) is 5.71. The predicted octanol–water partition coefficient (Wildman–Crippen LogP) is 4.27. The maximum Gasteiger partial charge on any atom is 0.0483 e. The van der Waals surface area contributed by atoms with Gasteiger partial charge in [-0.3, -0.25) is 0 Å².